The Labute approximate surface area is 156 Å². The van der Waals surface area contributed by atoms with Crippen molar-refractivity contribution >= 4 is 5.96 Å². The van der Waals surface area contributed by atoms with Crippen molar-refractivity contribution in [2.75, 3.05) is 27.3 Å². The molecule has 0 atom stereocenters. The van der Waals surface area contributed by atoms with Gasteiger partial charge in [0.05, 0.1) is 13.7 Å². The zero-order valence-electron chi connectivity index (χ0n) is 16.1. The first kappa shape index (κ1) is 19.6. The summed E-state index contributed by atoms with van der Waals surface area (Å²) in [4.78, 5) is 4.29. The van der Waals surface area contributed by atoms with Crippen LogP contribution in [0.4, 0.5) is 0 Å². The van der Waals surface area contributed by atoms with E-state index in [1.165, 1.54) is 11.1 Å². The van der Waals surface area contributed by atoms with Gasteiger partial charge in [-0.05, 0) is 38.0 Å². The van der Waals surface area contributed by atoms with Gasteiger partial charge < -0.3 is 20.1 Å². The molecule has 5 heteroatoms. The molecule has 0 fully saturated rings. The molecule has 0 heterocycles. The molecule has 2 rings (SSSR count). The minimum atomic E-state index is 0.655. The van der Waals surface area contributed by atoms with E-state index in [1.807, 2.05) is 31.2 Å². The molecule has 0 saturated heterocycles. The molecular weight excluding hydrogens is 326 g/mol. The van der Waals surface area contributed by atoms with Crippen LogP contribution in [-0.2, 0) is 13.0 Å². The molecule has 26 heavy (non-hydrogen) atoms. The molecule has 0 saturated carbocycles. The van der Waals surface area contributed by atoms with E-state index >= 15 is 0 Å². The summed E-state index contributed by atoms with van der Waals surface area (Å²) < 4.78 is 11.1. The zero-order chi connectivity index (χ0) is 18.8. The average molecular weight is 355 g/mol. The molecule has 5 nitrogen and oxygen atoms in total. The van der Waals surface area contributed by atoms with Gasteiger partial charge in [0.25, 0.3) is 0 Å². The molecule has 0 unspecified atom stereocenters. The van der Waals surface area contributed by atoms with Crippen LogP contribution in [0.3, 0.4) is 0 Å². The summed E-state index contributed by atoms with van der Waals surface area (Å²) in [7, 11) is 3.48. The highest BCUT2D eigenvalue weighted by Gasteiger charge is 2.06. The third-order valence-electron chi connectivity index (χ3n) is 4.07. The molecule has 0 amide bonds. The first-order chi connectivity index (χ1) is 12.7. The fraction of sp³-hybridized carbons (Fsp3) is 0.381. The van der Waals surface area contributed by atoms with Crippen LogP contribution in [0.1, 0.15) is 23.6 Å². The number of methoxy groups -OCH3 is 1. The van der Waals surface area contributed by atoms with Gasteiger partial charge in [-0.15, -0.1) is 0 Å². The Morgan fingerprint density at radius 2 is 1.85 bits per heavy atom. The van der Waals surface area contributed by atoms with Crippen LogP contribution in [0.5, 0.6) is 11.5 Å². The van der Waals surface area contributed by atoms with Crippen LogP contribution < -0.4 is 20.1 Å². The van der Waals surface area contributed by atoms with Crippen molar-refractivity contribution in [3.05, 3.63) is 59.2 Å². The quantitative estimate of drug-likeness (QED) is 0.563. The standard InChI is InChI=1S/C21H29N3O2/c1-5-26-20-9-7-6-8-18(20)15-24-21(22-3)23-13-12-17-14-16(2)10-11-19(17)25-4/h6-11,14H,5,12-13,15H2,1-4H3,(H2,22,23,24). The van der Waals surface area contributed by atoms with Crippen molar-refractivity contribution in [3.8, 4) is 11.5 Å². The number of nitrogens with zero attached hydrogens (tertiary/aromatic N) is 1. The number of para-hydroxylation sites is 1. The Hall–Kier alpha value is -2.69. The number of aryl methyl sites for hydroxylation is 1. The van der Waals surface area contributed by atoms with Gasteiger partial charge in [0, 0.05) is 25.7 Å². The fourth-order valence-electron chi connectivity index (χ4n) is 2.76. The smallest absolute Gasteiger partial charge is 0.191 e. The van der Waals surface area contributed by atoms with Crippen LogP contribution in [0.15, 0.2) is 47.5 Å². The minimum Gasteiger partial charge on any atom is -0.496 e. The van der Waals surface area contributed by atoms with Gasteiger partial charge in [0.1, 0.15) is 11.5 Å². The number of benzene rings is 2. The Bertz CT molecular complexity index is 729. The van der Waals surface area contributed by atoms with Crippen LogP contribution in [0.2, 0.25) is 0 Å². The summed E-state index contributed by atoms with van der Waals surface area (Å²) in [5.74, 6) is 2.59. The van der Waals surface area contributed by atoms with Crippen LogP contribution in [-0.4, -0.2) is 33.3 Å². The summed E-state index contributed by atoms with van der Waals surface area (Å²) in [6.07, 6.45) is 0.862. The number of ether oxygens (including phenoxy) is 2. The Morgan fingerprint density at radius 1 is 1.04 bits per heavy atom. The van der Waals surface area contributed by atoms with Crippen molar-refractivity contribution in [1.29, 1.82) is 0 Å². The highest BCUT2D eigenvalue weighted by atomic mass is 16.5. The number of aliphatic imine (C=N–C) groups is 1. The monoisotopic (exact) mass is 355 g/mol. The maximum atomic E-state index is 5.66. The van der Waals surface area contributed by atoms with E-state index in [4.69, 9.17) is 9.47 Å². The van der Waals surface area contributed by atoms with E-state index < -0.39 is 0 Å². The molecule has 0 radical (unpaired) electrons. The van der Waals surface area contributed by atoms with Crippen molar-refractivity contribution in [1.82, 2.24) is 10.6 Å². The van der Waals surface area contributed by atoms with E-state index in [-0.39, 0.29) is 0 Å². The van der Waals surface area contributed by atoms with E-state index in [0.717, 1.165) is 36.0 Å². The molecule has 140 valence electrons. The Kier molecular flexibility index (Phi) is 7.80. The number of hydrogen-bond donors (Lipinski definition) is 2. The third kappa shape index (κ3) is 5.69. The van der Waals surface area contributed by atoms with E-state index in [1.54, 1.807) is 14.2 Å². The lowest BCUT2D eigenvalue weighted by molar-refractivity contribution is 0.336. The topological polar surface area (TPSA) is 54.9 Å². The number of hydrogen-bond acceptors (Lipinski definition) is 3. The largest absolute Gasteiger partial charge is 0.496 e. The predicted molar refractivity (Wildman–Crippen MR) is 107 cm³/mol. The van der Waals surface area contributed by atoms with Crippen molar-refractivity contribution in [3.63, 3.8) is 0 Å². The summed E-state index contributed by atoms with van der Waals surface area (Å²) in [5, 5.41) is 6.69. The molecule has 2 N–H and O–H groups in total. The number of nitrogens with one attached hydrogen (secondary N) is 2. The first-order valence-corrected chi connectivity index (χ1v) is 8.96. The second-order valence-electron chi connectivity index (χ2n) is 5.96. The van der Waals surface area contributed by atoms with Crippen molar-refractivity contribution in [2.45, 2.75) is 26.8 Å². The normalized spacial score (nSPS) is 11.2. The first-order valence-electron chi connectivity index (χ1n) is 8.96. The summed E-state index contributed by atoms with van der Waals surface area (Å²) in [6, 6.07) is 14.3. The summed E-state index contributed by atoms with van der Waals surface area (Å²) >= 11 is 0. The van der Waals surface area contributed by atoms with Gasteiger partial charge in [0.2, 0.25) is 0 Å². The van der Waals surface area contributed by atoms with Crippen molar-refractivity contribution < 1.29 is 9.47 Å². The molecular formula is C21H29N3O2. The van der Waals surface area contributed by atoms with Crippen molar-refractivity contribution in [2.24, 2.45) is 4.99 Å². The molecule has 0 spiro atoms. The molecule has 0 bridgehead atoms. The van der Waals surface area contributed by atoms with E-state index in [0.29, 0.717) is 13.2 Å². The van der Waals surface area contributed by atoms with Gasteiger partial charge in [-0.1, -0.05) is 35.9 Å². The lowest BCUT2D eigenvalue weighted by Crippen LogP contribution is -2.38. The lowest BCUT2D eigenvalue weighted by atomic mass is 10.1. The number of rotatable bonds is 8. The maximum absolute atomic E-state index is 5.66. The fourth-order valence-corrected chi connectivity index (χ4v) is 2.76. The second-order valence-corrected chi connectivity index (χ2v) is 5.96. The van der Waals surface area contributed by atoms with Crippen LogP contribution in [0.25, 0.3) is 0 Å². The molecule has 2 aromatic carbocycles. The van der Waals surface area contributed by atoms with Gasteiger partial charge >= 0.3 is 0 Å². The highest BCUT2D eigenvalue weighted by Crippen LogP contribution is 2.20. The molecule has 0 aliphatic rings. The van der Waals surface area contributed by atoms with Gasteiger partial charge in [-0.3, -0.25) is 4.99 Å². The molecule has 0 aliphatic heterocycles. The minimum absolute atomic E-state index is 0.655. The Morgan fingerprint density at radius 3 is 2.58 bits per heavy atom. The zero-order valence-corrected chi connectivity index (χ0v) is 16.1. The molecule has 0 aromatic heterocycles. The molecule has 2 aromatic rings. The third-order valence-corrected chi connectivity index (χ3v) is 4.07. The molecule has 0 aliphatic carbocycles. The van der Waals surface area contributed by atoms with Gasteiger partial charge in [-0.25, -0.2) is 0 Å². The predicted octanol–water partition coefficient (Wildman–Crippen LogP) is 3.31. The van der Waals surface area contributed by atoms with Crippen LogP contribution in [0, 0.1) is 6.92 Å². The lowest BCUT2D eigenvalue weighted by Gasteiger charge is -2.15. The van der Waals surface area contributed by atoms with E-state index in [9.17, 15) is 0 Å². The van der Waals surface area contributed by atoms with Gasteiger partial charge in [-0.2, -0.15) is 0 Å². The van der Waals surface area contributed by atoms with Gasteiger partial charge in [0.15, 0.2) is 5.96 Å². The average Bonchev–Trinajstić information content (AvgIpc) is 2.66. The summed E-state index contributed by atoms with van der Waals surface area (Å²) in [6.45, 7) is 6.16. The van der Waals surface area contributed by atoms with E-state index in [2.05, 4.69) is 40.7 Å². The number of guanidine groups is 1. The summed E-state index contributed by atoms with van der Waals surface area (Å²) in [5.41, 5.74) is 3.53. The van der Waals surface area contributed by atoms with Crippen LogP contribution >= 0.6 is 0 Å². The highest BCUT2D eigenvalue weighted by molar-refractivity contribution is 5.79. The maximum Gasteiger partial charge on any atom is 0.191 e. The SMILES string of the molecule is CCOc1ccccc1CNC(=NC)NCCc1cc(C)ccc1OC. The second kappa shape index (κ2) is 10.3. The Balaban J connectivity index is 1.88.